The highest BCUT2D eigenvalue weighted by molar-refractivity contribution is 7.89. The van der Waals surface area contributed by atoms with Crippen LogP contribution in [0.2, 0.25) is 0 Å². The van der Waals surface area contributed by atoms with E-state index in [4.69, 9.17) is 4.74 Å². The van der Waals surface area contributed by atoms with Crippen LogP contribution in [0.4, 0.5) is 10.1 Å². The Hall–Kier alpha value is -2.13. The number of hydrogen-bond donors (Lipinski definition) is 0. The number of benzene rings is 1. The second-order valence-corrected chi connectivity index (χ2v) is 11.0. The Morgan fingerprint density at radius 1 is 1.28 bits per heavy atom. The first-order valence-corrected chi connectivity index (χ1v) is 12.7. The molecule has 0 aromatic heterocycles. The molecule has 1 heterocycles. The fourth-order valence-corrected chi connectivity index (χ4v) is 6.65. The minimum atomic E-state index is -3.78. The number of sulfonamides is 1. The van der Waals surface area contributed by atoms with Gasteiger partial charge in [-0.3, -0.25) is 0 Å². The lowest BCUT2D eigenvalue weighted by atomic mass is 9.49. The van der Waals surface area contributed by atoms with Gasteiger partial charge in [0.25, 0.3) is 0 Å². The fraction of sp³-hybridized carbons (Fsp3) is 0.609. The summed E-state index contributed by atoms with van der Waals surface area (Å²) in [4.78, 5) is 13.9. The van der Waals surface area contributed by atoms with Crippen molar-refractivity contribution in [3.63, 3.8) is 0 Å². The maximum atomic E-state index is 13.9. The Morgan fingerprint density at radius 3 is 2.59 bits per heavy atom. The molecule has 1 atom stereocenters. The number of esters is 1. The van der Waals surface area contributed by atoms with E-state index in [1.165, 1.54) is 10.4 Å². The zero-order valence-corrected chi connectivity index (χ0v) is 19.7. The van der Waals surface area contributed by atoms with Crippen LogP contribution in [0, 0.1) is 5.92 Å². The number of halogens is 1. The van der Waals surface area contributed by atoms with E-state index >= 15 is 0 Å². The van der Waals surface area contributed by atoms with Gasteiger partial charge in [0.2, 0.25) is 15.9 Å². The van der Waals surface area contributed by atoms with Crippen molar-refractivity contribution >= 4 is 21.7 Å². The highest BCUT2D eigenvalue weighted by Gasteiger charge is 2.61. The van der Waals surface area contributed by atoms with Gasteiger partial charge in [-0.2, -0.15) is 8.70 Å². The Labute approximate surface area is 189 Å². The molecule has 3 aliphatic carbocycles. The highest BCUT2D eigenvalue weighted by Crippen LogP contribution is 2.62. The van der Waals surface area contributed by atoms with E-state index in [9.17, 15) is 17.6 Å². The molecule has 2 bridgehead atoms. The Balaban J connectivity index is 1.69. The second kappa shape index (κ2) is 8.67. The van der Waals surface area contributed by atoms with Crippen molar-refractivity contribution in [2.75, 3.05) is 25.1 Å². The van der Waals surface area contributed by atoms with E-state index < -0.39 is 21.8 Å². The third-order valence-electron chi connectivity index (χ3n) is 7.02. The second-order valence-electron chi connectivity index (χ2n) is 9.06. The van der Waals surface area contributed by atoms with Crippen molar-refractivity contribution in [1.82, 2.24) is 4.31 Å². The Morgan fingerprint density at radius 2 is 2.00 bits per heavy atom. The number of fused-ring (bicyclic) bond motifs is 1. The van der Waals surface area contributed by atoms with E-state index in [2.05, 4.69) is 16.6 Å². The molecule has 0 unspecified atom stereocenters. The third kappa shape index (κ3) is 3.90. The number of unbranched alkanes of at least 4 members (excludes halogenated alkanes) is 1. The van der Waals surface area contributed by atoms with Gasteiger partial charge in [-0.25, -0.2) is 13.2 Å². The van der Waals surface area contributed by atoms with Crippen LogP contribution in [0.1, 0.15) is 52.4 Å². The van der Waals surface area contributed by atoms with Gasteiger partial charge < -0.3 is 14.4 Å². The van der Waals surface area contributed by atoms with Crippen LogP contribution in [0.3, 0.4) is 0 Å². The van der Waals surface area contributed by atoms with E-state index in [0.29, 0.717) is 18.5 Å². The zero-order chi connectivity index (χ0) is 23.1. The van der Waals surface area contributed by atoms with E-state index in [1.54, 1.807) is 26.1 Å². The predicted octanol–water partition coefficient (Wildman–Crippen LogP) is 3.99. The molecule has 0 N–H and O–H groups in total. The predicted molar refractivity (Wildman–Crippen MR) is 119 cm³/mol. The van der Waals surface area contributed by atoms with Crippen molar-refractivity contribution in [2.24, 2.45) is 5.92 Å². The van der Waals surface area contributed by atoms with Crippen LogP contribution in [0.25, 0.3) is 0 Å². The summed E-state index contributed by atoms with van der Waals surface area (Å²) in [7, 11) is -2.14. The SMILES string of the molecule is CCCC[C@@H]1CN(C23CC(C2)C3)c2ccc(O/C=C(\F)C(=O)OCC)cc2S(=O)(=O)N1C. The molecule has 1 aliphatic heterocycles. The number of ether oxygens (including phenoxy) is 2. The van der Waals surface area contributed by atoms with Gasteiger partial charge in [0.1, 0.15) is 16.9 Å². The molecule has 3 fully saturated rings. The van der Waals surface area contributed by atoms with Gasteiger partial charge in [0, 0.05) is 31.2 Å². The van der Waals surface area contributed by atoms with Gasteiger partial charge in [-0.05, 0) is 50.7 Å². The highest BCUT2D eigenvalue weighted by atomic mass is 32.2. The molecule has 0 saturated heterocycles. The van der Waals surface area contributed by atoms with Gasteiger partial charge in [-0.15, -0.1) is 0 Å². The molecule has 1 aromatic carbocycles. The minimum Gasteiger partial charge on any atom is -0.462 e. The number of nitrogens with zero attached hydrogens (tertiary/aromatic N) is 2. The van der Waals surface area contributed by atoms with Gasteiger partial charge in [-0.1, -0.05) is 19.8 Å². The summed E-state index contributed by atoms with van der Waals surface area (Å²) in [5.41, 5.74) is 0.722. The van der Waals surface area contributed by atoms with Crippen molar-refractivity contribution < 1.29 is 27.1 Å². The van der Waals surface area contributed by atoms with Crippen molar-refractivity contribution in [1.29, 1.82) is 0 Å². The van der Waals surface area contributed by atoms with Crippen LogP contribution in [-0.4, -0.2) is 50.5 Å². The molecule has 9 heteroatoms. The van der Waals surface area contributed by atoms with Crippen LogP contribution in [-0.2, 0) is 19.6 Å². The van der Waals surface area contributed by atoms with Crippen molar-refractivity contribution in [3.05, 3.63) is 30.3 Å². The molecular weight excluding hydrogens is 435 g/mol. The molecule has 3 saturated carbocycles. The molecule has 32 heavy (non-hydrogen) atoms. The monoisotopic (exact) mass is 466 g/mol. The molecule has 7 nitrogen and oxygen atoms in total. The summed E-state index contributed by atoms with van der Waals surface area (Å²) in [5, 5.41) is 0. The maximum absolute atomic E-state index is 13.9. The van der Waals surface area contributed by atoms with Crippen LogP contribution in [0.15, 0.2) is 35.2 Å². The smallest absolute Gasteiger partial charge is 0.370 e. The van der Waals surface area contributed by atoms with E-state index in [0.717, 1.165) is 44.4 Å². The van der Waals surface area contributed by atoms with Crippen molar-refractivity contribution in [2.45, 2.75) is 68.8 Å². The number of likely N-dealkylation sites (N-methyl/N-ethyl adjacent to an activating group) is 1. The molecule has 0 radical (unpaired) electrons. The fourth-order valence-electron chi connectivity index (χ4n) is 5.07. The summed E-state index contributed by atoms with van der Waals surface area (Å²) >= 11 is 0. The number of hydrogen-bond acceptors (Lipinski definition) is 6. The van der Waals surface area contributed by atoms with Crippen LogP contribution in [0.5, 0.6) is 5.75 Å². The molecular formula is C23H31FN2O5S. The maximum Gasteiger partial charge on any atom is 0.370 e. The summed E-state index contributed by atoms with van der Waals surface area (Å²) in [6.45, 7) is 4.38. The summed E-state index contributed by atoms with van der Waals surface area (Å²) in [5.74, 6) is -1.41. The molecule has 0 spiro atoms. The zero-order valence-electron chi connectivity index (χ0n) is 18.8. The third-order valence-corrected chi connectivity index (χ3v) is 8.96. The molecule has 0 amide bonds. The quantitative estimate of drug-likeness (QED) is 0.328. The average Bonchev–Trinajstić information content (AvgIpc) is 2.77. The van der Waals surface area contributed by atoms with E-state index in [1.807, 2.05) is 0 Å². The van der Waals surface area contributed by atoms with Gasteiger partial charge in [0.05, 0.1) is 12.3 Å². The molecule has 176 valence electrons. The van der Waals surface area contributed by atoms with Gasteiger partial charge >= 0.3 is 5.97 Å². The Bertz CT molecular complexity index is 1010. The molecule has 1 aromatic rings. The molecule has 4 aliphatic rings. The topological polar surface area (TPSA) is 76.1 Å². The van der Waals surface area contributed by atoms with Crippen LogP contribution >= 0.6 is 0 Å². The number of carbonyl (C=O) groups excluding carboxylic acids is 1. The summed E-state index contributed by atoms with van der Waals surface area (Å²) in [6.07, 6.45) is 6.70. The first kappa shape index (κ1) is 23.0. The molecule has 5 rings (SSSR count). The lowest BCUT2D eigenvalue weighted by Crippen LogP contribution is -2.69. The lowest BCUT2D eigenvalue weighted by Gasteiger charge is -2.67. The number of rotatable bonds is 8. The largest absolute Gasteiger partial charge is 0.462 e. The number of carbonyl (C=O) groups is 1. The van der Waals surface area contributed by atoms with E-state index in [-0.39, 0.29) is 28.8 Å². The van der Waals surface area contributed by atoms with Crippen molar-refractivity contribution in [3.8, 4) is 5.75 Å². The van der Waals surface area contributed by atoms with Gasteiger partial charge in [0.15, 0.2) is 0 Å². The average molecular weight is 467 g/mol. The standard InChI is InChI=1S/C23H31FN2O5S/c1-4-6-7-17-14-26(23-11-16(12-23)13-23)20-9-8-18(10-21(20)32(28,29)25(17)3)31-15-19(24)22(27)30-5-2/h8-10,15-17H,4-7,11-14H2,1-3H3/b19-15-/t16?,17-,23?/m1/s1. The summed E-state index contributed by atoms with van der Waals surface area (Å²) < 4.78 is 52.3. The first-order valence-electron chi connectivity index (χ1n) is 11.3. The summed E-state index contributed by atoms with van der Waals surface area (Å²) in [6, 6.07) is 4.67. The lowest BCUT2D eigenvalue weighted by molar-refractivity contribution is -0.140. The van der Waals surface area contributed by atoms with Crippen LogP contribution < -0.4 is 9.64 Å². The first-order chi connectivity index (χ1) is 15.2. The number of anilines is 1. The Kier molecular flexibility index (Phi) is 6.24. The normalized spacial score (nSPS) is 28.8. The minimum absolute atomic E-state index is 0.0428.